The van der Waals surface area contributed by atoms with Crippen LogP contribution in [-0.4, -0.2) is 57.1 Å². The summed E-state index contributed by atoms with van der Waals surface area (Å²) in [6, 6.07) is 21.9. The average Bonchev–Trinajstić information content (AvgIpc) is 3.07. The minimum Gasteiger partial charge on any atom is -0.494 e. The third-order valence-electron chi connectivity index (χ3n) is 8.23. The molecule has 47 heavy (non-hydrogen) atoms. The summed E-state index contributed by atoms with van der Waals surface area (Å²) in [6.07, 6.45) is 2.23. The van der Waals surface area contributed by atoms with Gasteiger partial charge in [-0.05, 0) is 77.9 Å². The highest BCUT2D eigenvalue weighted by Crippen LogP contribution is 2.39. The molecule has 0 radical (unpaired) electrons. The van der Waals surface area contributed by atoms with Crippen molar-refractivity contribution in [1.82, 2.24) is 19.4 Å². The first-order chi connectivity index (χ1) is 22.7. The molecule has 0 fully saturated rings. The van der Waals surface area contributed by atoms with E-state index in [1.165, 1.54) is 24.7 Å². The number of carbonyl (C=O) groups is 3. The molecule has 0 aliphatic carbocycles. The van der Waals surface area contributed by atoms with Crippen molar-refractivity contribution in [3.63, 3.8) is 0 Å². The molecule has 5 aliphatic rings. The Hall–Kier alpha value is -5.65. The number of carboxylic acid groups (broad SMARTS) is 1. The molecule has 4 aromatic rings. The maximum Gasteiger partial charge on any atom is 0.331 e. The Morgan fingerprint density at radius 1 is 0.894 bits per heavy atom. The number of nitrogens with one attached hydrogen (secondary N) is 1. The summed E-state index contributed by atoms with van der Waals surface area (Å²) in [5.74, 6) is 1.58. The SMILES string of the molecule is Cn1c(C(=O)N2CCc3cc4ccc3C2c2cccc(c2)OCCCNC(=O)CCc2ccc(cc2)O4)cc(=O)n(C)c1=O.O=CO. The lowest BCUT2D eigenvalue weighted by atomic mass is 9.87. The fourth-order valence-electron chi connectivity index (χ4n) is 5.80. The molecule has 1 atom stereocenters. The molecule has 1 unspecified atom stereocenters. The summed E-state index contributed by atoms with van der Waals surface area (Å²) < 4.78 is 14.4. The van der Waals surface area contributed by atoms with Gasteiger partial charge in [0.25, 0.3) is 17.9 Å². The van der Waals surface area contributed by atoms with Crippen molar-refractivity contribution < 1.29 is 29.0 Å². The monoisotopic (exact) mass is 640 g/mol. The van der Waals surface area contributed by atoms with E-state index in [-0.39, 0.29) is 18.1 Å². The zero-order valence-electron chi connectivity index (χ0n) is 26.2. The van der Waals surface area contributed by atoms with Crippen LogP contribution in [0.5, 0.6) is 17.2 Å². The van der Waals surface area contributed by atoms with Gasteiger partial charge in [0.2, 0.25) is 5.91 Å². The van der Waals surface area contributed by atoms with E-state index in [0.29, 0.717) is 62.6 Å². The molecule has 0 saturated heterocycles. The maximum atomic E-state index is 14.1. The average molecular weight is 641 g/mol. The van der Waals surface area contributed by atoms with E-state index in [1.54, 1.807) is 4.90 Å². The molecule has 6 heterocycles. The van der Waals surface area contributed by atoms with Crippen LogP contribution in [0.3, 0.4) is 0 Å². The molecule has 0 spiro atoms. The van der Waals surface area contributed by atoms with Crippen molar-refractivity contribution in [2.24, 2.45) is 14.1 Å². The Kier molecular flexibility index (Phi) is 10.2. The minimum atomic E-state index is -0.563. The second-order valence-electron chi connectivity index (χ2n) is 11.3. The zero-order valence-corrected chi connectivity index (χ0v) is 26.2. The van der Waals surface area contributed by atoms with Gasteiger partial charge in [-0.3, -0.25) is 28.3 Å². The van der Waals surface area contributed by atoms with E-state index in [0.717, 1.165) is 26.8 Å². The Morgan fingerprint density at radius 3 is 2.40 bits per heavy atom. The summed E-state index contributed by atoms with van der Waals surface area (Å²) >= 11 is 0. The Morgan fingerprint density at radius 2 is 1.64 bits per heavy atom. The summed E-state index contributed by atoms with van der Waals surface area (Å²) in [4.78, 5) is 61.7. The van der Waals surface area contributed by atoms with Crippen LogP contribution >= 0.6 is 0 Å². The van der Waals surface area contributed by atoms with Crippen LogP contribution in [0.4, 0.5) is 0 Å². The first-order valence-corrected chi connectivity index (χ1v) is 15.2. The van der Waals surface area contributed by atoms with Gasteiger partial charge in [0.15, 0.2) is 0 Å². The lowest BCUT2D eigenvalue weighted by Crippen LogP contribution is -2.45. The van der Waals surface area contributed by atoms with Gasteiger partial charge in [-0.15, -0.1) is 0 Å². The standard InChI is InChI=1S/C34H34N4O6.CH2O2/c1-36-29(21-31(40)37(2)34(36)42)33(41)38-17-15-23-19-27-12-13-28(23)32(38)24-5-3-6-26(20-24)43-18-4-16-35-30(39)14-9-22-7-10-25(44-27)11-8-22;2-1-3/h3,5-8,10-13,19-21,32H,4,9,14-18H2,1-2H3,(H,35,39);1H,(H,2,3). The smallest absolute Gasteiger partial charge is 0.331 e. The van der Waals surface area contributed by atoms with Crippen molar-refractivity contribution in [3.8, 4) is 17.2 Å². The van der Waals surface area contributed by atoms with Gasteiger partial charge >= 0.3 is 5.69 Å². The van der Waals surface area contributed by atoms with Crippen LogP contribution in [-0.2, 0) is 36.5 Å². The van der Waals surface area contributed by atoms with Crippen molar-refractivity contribution in [1.29, 1.82) is 0 Å². The fourth-order valence-corrected chi connectivity index (χ4v) is 5.80. The van der Waals surface area contributed by atoms with Gasteiger partial charge in [-0.2, -0.15) is 0 Å². The van der Waals surface area contributed by atoms with E-state index in [2.05, 4.69) is 5.32 Å². The van der Waals surface area contributed by atoms with Gasteiger partial charge < -0.3 is 24.8 Å². The maximum absolute atomic E-state index is 14.1. The Labute approximate surface area is 270 Å². The lowest BCUT2D eigenvalue weighted by molar-refractivity contribution is -0.123. The van der Waals surface area contributed by atoms with E-state index >= 15 is 0 Å². The quantitative estimate of drug-likeness (QED) is 0.302. The third-order valence-corrected chi connectivity index (χ3v) is 8.23. The fraction of sp³-hybridized carbons (Fsp3) is 0.286. The minimum absolute atomic E-state index is 0.00893. The van der Waals surface area contributed by atoms with Crippen molar-refractivity contribution in [3.05, 3.63) is 122 Å². The van der Waals surface area contributed by atoms with E-state index < -0.39 is 23.2 Å². The third kappa shape index (κ3) is 7.43. The number of hydrogen-bond acceptors (Lipinski definition) is 7. The first kappa shape index (κ1) is 32.7. The highest BCUT2D eigenvalue weighted by Gasteiger charge is 2.34. The van der Waals surface area contributed by atoms with Crippen molar-refractivity contribution >= 4 is 18.3 Å². The number of aryl methyl sites for hydroxylation is 1. The molecule has 3 aromatic carbocycles. The summed E-state index contributed by atoms with van der Waals surface area (Å²) in [6.45, 7) is 1.02. The van der Waals surface area contributed by atoms with Gasteiger partial charge in [-0.25, -0.2) is 4.79 Å². The Bertz CT molecular complexity index is 1900. The number of hydrogen-bond donors (Lipinski definition) is 2. The number of ether oxygens (including phenoxy) is 2. The molecule has 244 valence electrons. The van der Waals surface area contributed by atoms with Crippen LogP contribution < -0.4 is 26.0 Å². The highest BCUT2D eigenvalue weighted by atomic mass is 16.5. The van der Waals surface area contributed by atoms with Gasteiger partial charge in [-0.1, -0.05) is 30.3 Å². The second-order valence-corrected chi connectivity index (χ2v) is 11.3. The molecule has 2 amide bonds. The molecule has 12 heteroatoms. The number of amides is 2. The van der Waals surface area contributed by atoms with E-state index in [1.807, 2.05) is 66.7 Å². The van der Waals surface area contributed by atoms with Crippen LogP contribution in [0.2, 0.25) is 0 Å². The number of nitrogens with zero attached hydrogens (tertiary/aromatic N) is 3. The largest absolute Gasteiger partial charge is 0.494 e. The van der Waals surface area contributed by atoms with Crippen LogP contribution in [0.25, 0.3) is 0 Å². The molecule has 12 nitrogen and oxygen atoms in total. The summed E-state index contributed by atoms with van der Waals surface area (Å²) in [5, 5.41) is 9.84. The molecule has 5 aliphatic heterocycles. The molecule has 9 rings (SSSR count). The Balaban J connectivity index is 0.00000139. The van der Waals surface area contributed by atoms with Crippen LogP contribution in [0, 0.1) is 0 Å². The first-order valence-electron chi connectivity index (χ1n) is 15.2. The highest BCUT2D eigenvalue weighted by molar-refractivity contribution is 5.93. The van der Waals surface area contributed by atoms with Gasteiger partial charge in [0.1, 0.15) is 22.9 Å². The normalized spacial score (nSPS) is 16.0. The summed E-state index contributed by atoms with van der Waals surface area (Å²) in [7, 11) is 2.88. The molecule has 0 saturated carbocycles. The molecular weight excluding hydrogens is 604 g/mol. The number of rotatable bonds is 1. The van der Waals surface area contributed by atoms with Crippen molar-refractivity contribution in [2.75, 3.05) is 19.7 Å². The van der Waals surface area contributed by atoms with Crippen molar-refractivity contribution in [2.45, 2.75) is 31.7 Å². The number of benzene rings is 3. The predicted octanol–water partition coefficient (Wildman–Crippen LogP) is 3.20. The van der Waals surface area contributed by atoms with Crippen LogP contribution in [0.15, 0.2) is 82.4 Å². The number of aromatic nitrogens is 2. The topological polar surface area (TPSA) is 149 Å². The van der Waals surface area contributed by atoms with Crippen LogP contribution in [0.1, 0.15) is 51.6 Å². The zero-order chi connectivity index (χ0) is 33.5. The van der Waals surface area contributed by atoms with Gasteiger partial charge in [0, 0.05) is 39.7 Å². The van der Waals surface area contributed by atoms with Gasteiger partial charge in [0.05, 0.1) is 12.6 Å². The molecule has 8 bridgehead atoms. The number of carbonyl (C=O) groups excluding carboxylic acids is 2. The van der Waals surface area contributed by atoms with E-state index in [4.69, 9.17) is 19.4 Å². The van der Waals surface area contributed by atoms with E-state index in [9.17, 15) is 19.2 Å². The molecule has 1 aromatic heterocycles. The molecule has 2 N–H and O–H groups in total. The second kappa shape index (κ2) is 14.6. The molecular formula is C35H36N4O8. The summed E-state index contributed by atoms with van der Waals surface area (Å²) in [5.41, 5.74) is 2.76. The lowest BCUT2D eigenvalue weighted by Gasteiger charge is -2.38. The predicted molar refractivity (Wildman–Crippen MR) is 173 cm³/mol.